The summed E-state index contributed by atoms with van der Waals surface area (Å²) in [6.07, 6.45) is 1.95. The molecule has 2 aromatic carbocycles. The molecule has 2 amide bonds. The molecule has 0 fully saturated rings. The summed E-state index contributed by atoms with van der Waals surface area (Å²) in [5.74, 6) is 0. The first kappa shape index (κ1) is 14.4. The molecule has 118 valence electrons. The van der Waals surface area contributed by atoms with E-state index in [1.807, 2.05) is 17.0 Å². The molecule has 23 heavy (non-hydrogen) atoms. The van der Waals surface area contributed by atoms with Gasteiger partial charge >= 0.3 is 6.03 Å². The number of halogens is 1. The number of amides is 2. The molecule has 0 saturated carbocycles. The zero-order chi connectivity index (χ0) is 16.0. The van der Waals surface area contributed by atoms with Crippen LogP contribution in [0.3, 0.4) is 0 Å². The Bertz CT molecular complexity index is 790. The number of anilines is 3. The molecule has 2 aliphatic rings. The van der Waals surface area contributed by atoms with Crippen LogP contribution in [-0.4, -0.2) is 26.2 Å². The van der Waals surface area contributed by atoms with Gasteiger partial charge in [0.2, 0.25) is 0 Å². The molecule has 5 heteroatoms. The minimum absolute atomic E-state index is 0.0997. The molecule has 0 unspecified atom stereocenters. The summed E-state index contributed by atoms with van der Waals surface area (Å²) in [5, 5.41) is 3.55. The van der Waals surface area contributed by atoms with Crippen molar-refractivity contribution >= 4 is 34.7 Å². The molecule has 0 aromatic heterocycles. The molecule has 1 N–H and O–H groups in total. The van der Waals surface area contributed by atoms with Gasteiger partial charge in [-0.3, -0.25) is 4.90 Å². The zero-order valence-electron chi connectivity index (χ0n) is 13.0. The van der Waals surface area contributed by atoms with Gasteiger partial charge in [-0.15, -0.1) is 0 Å². The molecule has 0 bridgehead atoms. The Kier molecular flexibility index (Phi) is 3.42. The third kappa shape index (κ3) is 2.53. The summed E-state index contributed by atoms with van der Waals surface area (Å²) in [5.41, 5.74) is 5.64. The molecule has 0 atom stereocenters. The Hall–Kier alpha value is -2.20. The molecule has 2 aromatic rings. The van der Waals surface area contributed by atoms with E-state index >= 15 is 0 Å². The lowest BCUT2D eigenvalue weighted by Crippen LogP contribution is -2.33. The van der Waals surface area contributed by atoms with Gasteiger partial charge in [0.25, 0.3) is 0 Å². The lowest BCUT2D eigenvalue weighted by molar-refractivity contribution is 0.257. The molecule has 4 nitrogen and oxygen atoms in total. The Labute approximate surface area is 140 Å². The maximum atomic E-state index is 12.6. The van der Waals surface area contributed by atoms with Crippen molar-refractivity contribution in [3.63, 3.8) is 0 Å². The number of hydrogen-bond acceptors (Lipinski definition) is 2. The highest BCUT2D eigenvalue weighted by Gasteiger charge is 2.28. The molecular weight excluding hydrogens is 310 g/mol. The summed E-state index contributed by atoms with van der Waals surface area (Å²) >= 11 is 5.98. The van der Waals surface area contributed by atoms with Gasteiger partial charge in [0.05, 0.1) is 0 Å². The highest BCUT2D eigenvalue weighted by atomic mass is 35.5. The number of nitrogens with zero attached hydrogens (tertiary/aromatic N) is 2. The number of rotatable bonds is 1. The minimum atomic E-state index is -0.0997. The first-order valence-corrected chi connectivity index (χ1v) is 8.20. The standard InChI is InChI=1S/C18H18ClN3O/c1-21-7-5-12-10-17-13(9-16(12)21)6-8-22(17)18(23)20-15-4-2-3-14(19)11-15/h2-4,9-11H,5-8H2,1H3,(H,20,23). The lowest BCUT2D eigenvalue weighted by atomic mass is 10.1. The highest BCUT2D eigenvalue weighted by molar-refractivity contribution is 6.30. The van der Waals surface area contributed by atoms with Crippen molar-refractivity contribution in [2.75, 3.05) is 35.3 Å². The highest BCUT2D eigenvalue weighted by Crippen LogP contribution is 2.37. The van der Waals surface area contributed by atoms with Crippen LogP contribution in [0.15, 0.2) is 36.4 Å². The van der Waals surface area contributed by atoms with Crippen LogP contribution in [0.25, 0.3) is 0 Å². The second-order valence-corrected chi connectivity index (χ2v) is 6.56. The minimum Gasteiger partial charge on any atom is -0.374 e. The zero-order valence-corrected chi connectivity index (χ0v) is 13.7. The molecule has 2 aliphatic heterocycles. The molecule has 4 rings (SSSR count). The van der Waals surface area contributed by atoms with E-state index in [1.165, 1.54) is 16.8 Å². The maximum Gasteiger partial charge on any atom is 0.326 e. The summed E-state index contributed by atoms with van der Waals surface area (Å²) in [6, 6.07) is 11.5. The predicted molar refractivity (Wildman–Crippen MR) is 94.9 cm³/mol. The largest absolute Gasteiger partial charge is 0.374 e. The van der Waals surface area contributed by atoms with Gasteiger partial charge in [-0.1, -0.05) is 17.7 Å². The molecule has 0 aliphatic carbocycles. The third-order valence-electron chi connectivity index (χ3n) is 4.62. The fourth-order valence-corrected chi connectivity index (χ4v) is 3.59. The van der Waals surface area contributed by atoms with Gasteiger partial charge in [-0.25, -0.2) is 4.79 Å². The lowest BCUT2D eigenvalue weighted by Gasteiger charge is -2.19. The van der Waals surface area contributed by atoms with Gasteiger partial charge in [-0.2, -0.15) is 0 Å². The second-order valence-electron chi connectivity index (χ2n) is 6.12. The first-order valence-electron chi connectivity index (χ1n) is 7.83. The number of carbonyl (C=O) groups is 1. The monoisotopic (exact) mass is 327 g/mol. The molecular formula is C18H18ClN3O. The topological polar surface area (TPSA) is 35.6 Å². The van der Waals surface area contributed by atoms with Crippen molar-refractivity contribution in [3.8, 4) is 0 Å². The predicted octanol–water partition coefficient (Wildman–Crippen LogP) is 3.93. The second kappa shape index (κ2) is 5.46. The number of fused-ring (bicyclic) bond motifs is 2. The fourth-order valence-electron chi connectivity index (χ4n) is 3.40. The molecule has 0 spiro atoms. The summed E-state index contributed by atoms with van der Waals surface area (Å²) in [4.78, 5) is 16.7. The summed E-state index contributed by atoms with van der Waals surface area (Å²) in [6.45, 7) is 1.77. The van der Waals surface area contributed by atoms with E-state index in [4.69, 9.17) is 11.6 Å². The van der Waals surface area contributed by atoms with E-state index in [0.717, 1.165) is 30.8 Å². The van der Waals surface area contributed by atoms with Crippen molar-refractivity contribution in [2.45, 2.75) is 12.8 Å². The average molecular weight is 328 g/mol. The van der Waals surface area contributed by atoms with Gasteiger partial charge in [0.1, 0.15) is 0 Å². The SMILES string of the molecule is CN1CCc2cc3c(cc21)CCN3C(=O)Nc1cccc(Cl)c1. The molecule has 0 saturated heterocycles. The van der Waals surface area contributed by atoms with Gasteiger partial charge < -0.3 is 10.2 Å². The van der Waals surface area contributed by atoms with Crippen LogP contribution in [0.1, 0.15) is 11.1 Å². The van der Waals surface area contributed by atoms with Crippen molar-refractivity contribution in [2.24, 2.45) is 0 Å². The molecule has 0 radical (unpaired) electrons. The van der Waals surface area contributed by atoms with Crippen LogP contribution >= 0.6 is 11.6 Å². The number of hydrogen-bond donors (Lipinski definition) is 1. The van der Waals surface area contributed by atoms with Gasteiger partial charge in [-0.05, 0) is 54.3 Å². The van der Waals surface area contributed by atoms with E-state index in [9.17, 15) is 4.79 Å². The quantitative estimate of drug-likeness (QED) is 0.861. The van der Waals surface area contributed by atoms with Crippen molar-refractivity contribution in [3.05, 3.63) is 52.5 Å². The average Bonchev–Trinajstić information content (AvgIpc) is 3.09. The van der Waals surface area contributed by atoms with E-state index < -0.39 is 0 Å². The maximum absolute atomic E-state index is 12.6. The van der Waals surface area contributed by atoms with E-state index in [-0.39, 0.29) is 6.03 Å². The van der Waals surface area contributed by atoms with E-state index in [2.05, 4.69) is 29.4 Å². The number of likely N-dealkylation sites (N-methyl/N-ethyl adjacent to an activating group) is 1. The van der Waals surface area contributed by atoms with Crippen LogP contribution in [0.5, 0.6) is 0 Å². The van der Waals surface area contributed by atoms with Crippen LogP contribution in [0, 0.1) is 0 Å². The van der Waals surface area contributed by atoms with E-state index in [1.54, 1.807) is 12.1 Å². The number of carbonyl (C=O) groups excluding carboxylic acids is 1. The van der Waals surface area contributed by atoms with Gasteiger partial charge in [0, 0.05) is 42.2 Å². The van der Waals surface area contributed by atoms with Crippen molar-refractivity contribution in [1.29, 1.82) is 0 Å². The van der Waals surface area contributed by atoms with Crippen molar-refractivity contribution in [1.82, 2.24) is 0 Å². The van der Waals surface area contributed by atoms with Crippen LogP contribution in [-0.2, 0) is 12.8 Å². The normalized spacial score (nSPS) is 15.6. The summed E-state index contributed by atoms with van der Waals surface area (Å²) in [7, 11) is 2.12. The van der Waals surface area contributed by atoms with Gasteiger partial charge in [0.15, 0.2) is 0 Å². The van der Waals surface area contributed by atoms with Crippen LogP contribution in [0.2, 0.25) is 5.02 Å². The number of benzene rings is 2. The summed E-state index contributed by atoms with van der Waals surface area (Å²) < 4.78 is 0. The van der Waals surface area contributed by atoms with Crippen molar-refractivity contribution < 1.29 is 4.79 Å². The Morgan fingerprint density at radius 1 is 1.09 bits per heavy atom. The third-order valence-corrected chi connectivity index (χ3v) is 4.86. The fraction of sp³-hybridized carbons (Fsp3) is 0.278. The number of urea groups is 1. The Morgan fingerprint density at radius 3 is 2.65 bits per heavy atom. The number of nitrogens with one attached hydrogen (secondary N) is 1. The van der Waals surface area contributed by atoms with Crippen LogP contribution in [0.4, 0.5) is 21.9 Å². The smallest absolute Gasteiger partial charge is 0.326 e. The Morgan fingerprint density at radius 2 is 1.83 bits per heavy atom. The van der Waals surface area contributed by atoms with E-state index in [0.29, 0.717) is 11.6 Å². The van der Waals surface area contributed by atoms with Crippen LogP contribution < -0.4 is 15.1 Å². The first-order chi connectivity index (χ1) is 11.1. The molecule has 2 heterocycles. The Balaban J connectivity index is 1.60.